The number of hydrogen-bond acceptors (Lipinski definition) is 10. The molecule has 2 aromatic carbocycles. The third-order valence-electron chi connectivity index (χ3n) is 12.0. The molecule has 3 fully saturated rings. The fourth-order valence-electron chi connectivity index (χ4n) is 8.69. The number of carbonyl (C=O) groups is 4. The van der Waals surface area contributed by atoms with Gasteiger partial charge in [0, 0.05) is 92.3 Å². The molecule has 0 spiro atoms. The Balaban J connectivity index is 0.673. The Kier molecular flexibility index (Phi) is 10.3. The van der Waals surface area contributed by atoms with Crippen LogP contribution in [0.15, 0.2) is 73.2 Å². The fourth-order valence-corrected chi connectivity index (χ4v) is 8.69. The highest BCUT2D eigenvalue weighted by molar-refractivity contribution is 6.23. The molecule has 13 nitrogen and oxygen atoms in total. The number of fused-ring (bicyclic) bond motifs is 4. The highest BCUT2D eigenvalue weighted by Crippen LogP contribution is 2.35. The maximum Gasteiger partial charge on any atom is 0.262 e. The standard InChI is InChI=1S/C44H44F2N6O7/c1-50-36-11-15-47-24-35(36)32-6-3-26(19-38(32)50)27-4-10-40(48-23-27)59-31-20-30(21-31)58-28-12-16-51(17-13-28)25-44(45,46)14-2-18-57-29-5-7-33-34(22-29)43(56)52(42(33)55)37-8-9-39(53)49-41(37)54/h3-7,10-11,15,19,22-24,28,30-31,37H,2,8-9,12-14,16-18,20-21,25H2,1H3,(H,49,53,54). The minimum atomic E-state index is -2.91. The normalized spacial score (nSPS) is 21.5. The van der Waals surface area contributed by atoms with Gasteiger partial charge < -0.3 is 18.8 Å². The van der Waals surface area contributed by atoms with E-state index in [2.05, 4.69) is 45.1 Å². The van der Waals surface area contributed by atoms with Crippen LogP contribution in [0.1, 0.15) is 72.1 Å². The van der Waals surface area contributed by atoms with Gasteiger partial charge in [-0.25, -0.2) is 13.8 Å². The van der Waals surface area contributed by atoms with Gasteiger partial charge in [-0.1, -0.05) is 12.1 Å². The summed E-state index contributed by atoms with van der Waals surface area (Å²) in [5, 5.41) is 4.46. The van der Waals surface area contributed by atoms with Crippen LogP contribution in [-0.2, 0) is 21.4 Å². The van der Waals surface area contributed by atoms with E-state index in [1.54, 1.807) is 4.90 Å². The zero-order valence-electron chi connectivity index (χ0n) is 32.6. The summed E-state index contributed by atoms with van der Waals surface area (Å²) in [5.41, 5.74) is 4.55. The zero-order valence-corrected chi connectivity index (χ0v) is 32.6. The predicted octanol–water partition coefficient (Wildman–Crippen LogP) is 6.08. The molecule has 1 aliphatic carbocycles. The quantitative estimate of drug-likeness (QED) is 0.110. The van der Waals surface area contributed by atoms with Gasteiger partial charge in [-0.15, -0.1) is 0 Å². The Morgan fingerprint density at radius 2 is 1.63 bits per heavy atom. The van der Waals surface area contributed by atoms with Crippen molar-refractivity contribution in [3.63, 3.8) is 0 Å². The molecular formula is C44H44F2N6O7. The van der Waals surface area contributed by atoms with E-state index in [-0.39, 0.29) is 74.0 Å². The molecule has 1 unspecified atom stereocenters. The number of pyridine rings is 2. The lowest BCUT2D eigenvalue weighted by molar-refractivity contribution is -0.136. The number of alkyl halides is 2. The monoisotopic (exact) mass is 806 g/mol. The van der Waals surface area contributed by atoms with Gasteiger partial charge in [-0.2, -0.15) is 0 Å². The number of imide groups is 2. The molecule has 3 aliphatic heterocycles. The highest BCUT2D eigenvalue weighted by atomic mass is 19.3. The first kappa shape index (κ1) is 38.7. The summed E-state index contributed by atoms with van der Waals surface area (Å²) in [7, 11) is 2.06. The third-order valence-corrected chi connectivity index (χ3v) is 12.0. The molecule has 59 heavy (non-hydrogen) atoms. The lowest BCUT2D eigenvalue weighted by Crippen LogP contribution is -2.54. The number of halogens is 2. The number of nitrogens with zero attached hydrogens (tertiary/aromatic N) is 5. The Labute approximate surface area is 338 Å². The largest absolute Gasteiger partial charge is 0.494 e. The minimum Gasteiger partial charge on any atom is -0.494 e. The van der Waals surface area contributed by atoms with Crippen molar-refractivity contribution in [1.29, 1.82) is 0 Å². The number of benzene rings is 2. The van der Waals surface area contributed by atoms with E-state index in [9.17, 15) is 19.2 Å². The fraction of sp³-hybridized carbons (Fsp3) is 0.409. The second-order valence-corrected chi connectivity index (χ2v) is 16.0. The molecular weight excluding hydrogens is 763 g/mol. The van der Waals surface area contributed by atoms with Gasteiger partial charge in [0.05, 0.1) is 42.0 Å². The number of nitrogens with one attached hydrogen (secondary N) is 1. The number of ether oxygens (including phenoxy) is 3. The van der Waals surface area contributed by atoms with Crippen LogP contribution in [-0.4, -0.2) is 104 Å². The highest BCUT2D eigenvalue weighted by Gasteiger charge is 2.45. The van der Waals surface area contributed by atoms with E-state index >= 15 is 8.78 Å². The lowest BCUT2D eigenvalue weighted by atomic mass is 9.91. The van der Waals surface area contributed by atoms with Crippen molar-refractivity contribution in [2.75, 3.05) is 26.2 Å². The molecule has 306 valence electrons. The number of aromatic nitrogens is 3. The summed E-state index contributed by atoms with van der Waals surface area (Å²) in [6.07, 6.45) is 8.36. The van der Waals surface area contributed by atoms with E-state index in [1.165, 1.54) is 18.2 Å². The molecule has 6 heterocycles. The second kappa shape index (κ2) is 15.8. The Morgan fingerprint density at radius 1 is 0.831 bits per heavy atom. The number of piperidine rings is 2. The molecule has 9 rings (SSSR count). The van der Waals surface area contributed by atoms with Gasteiger partial charge in [-0.3, -0.25) is 39.3 Å². The average Bonchev–Trinajstić information content (AvgIpc) is 3.64. The van der Waals surface area contributed by atoms with E-state index in [0.717, 1.165) is 50.7 Å². The topological polar surface area (TPSA) is 145 Å². The van der Waals surface area contributed by atoms with Crippen LogP contribution in [0.25, 0.3) is 32.9 Å². The van der Waals surface area contributed by atoms with Crippen molar-refractivity contribution in [1.82, 2.24) is 29.7 Å². The lowest BCUT2D eigenvalue weighted by Gasteiger charge is -2.40. The summed E-state index contributed by atoms with van der Waals surface area (Å²) in [6.45, 7) is 0.717. The van der Waals surface area contributed by atoms with E-state index in [0.29, 0.717) is 31.8 Å². The summed E-state index contributed by atoms with van der Waals surface area (Å²) < 4.78 is 50.3. The average molecular weight is 807 g/mol. The molecule has 5 aromatic rings. The van der Waals surface area contributed by atoms with Gasteiger partial charge in [-0.05, 0) is 67.6 Å². The number of amides is 4. The van der Waals surface area contributed by atoms with Gasteiger partial charge in [0.2, 0.25) is 17.7 Å². The number of hydrogen-bond donors (Lipinski definition) is 1. The van der Waals surface area contributed by atoms with Gasteiger partial charge in [0.1, 0.15) is 17.9 Å². The first-order valence-electron chi connectivity index (χ1n) is 20.2. The van der Waals surface area contributed by atoms with Crippen LogP contribution in [0.3, 0.4) is 0 Å². The summed E-state index contributed by atoms with van der Waals surface area (Å²) in [5.74, 6) is -4.49. The van der Waals surface area contributed by atoms with Crippen molar-refractivity contribution in [3.8, 4) is 22.8 Å². The molecule has 15 heteroatoms. The number of aryl methyl sites for hydroxylation is 1. The van der Waals surface area contributed by atoms with Crippen LogP contribution in [0.2, 0.25) is 0 Å². The minimum absolute atomic E-state index is 0.00169. The Hall–Kier alpha value is -5.80. The van der Waals surface area contributed by atoms with Gasteiger partial charge in [0.15, 0.2) is 0 Å². The summed E-state index contributed by atoms with van der Waals surface area (Å²) in [4.78, 5) is 61.3. The SMILES string of the molecule is Cn1c2ccncc2c2ccc(-c3ccc(OC4CC(OC5CCN(CC(F)(F)CCCOc6ccc7c(c6)C(=O)N(C6CCC(=O)NC6=O)C7=O)CC5)C4)nc3)cc21. The van der Waals surface area contributed by atoms with Crippen LogP contribution in [0, 0.1) is 0 Å². The van der Waals surface area contributed by atoms with Crippen LogP contribution in [0.5, 0.6) is 11.6 Å². The van der Waals surface area contributed by atoms with E-state index in [1.807, 2.05) is 36.8 Å². The Morgan fingerprint density at radius 3 is 2.41 bits per heavy atom. The molecule has 1 N–H and O–H groups in total. The smallest absolute Gasteiger partial charge is 0.262 e. The molecule has 0 bridgehead atoms. The molecule has 2 saturated heterocycles. The first-order valence-corrected chi connectivity index (χ1v) is 20.2. The predicted molar refractivity (Wildman–Crippen MR) is 212 cm³/mol. The van der Waals surface area contributed by atoms with Gasteiger partial charge in [0.25, 0.3) is 17.7 Å². The molecule has 4 amide bonds. The molecule has 4 aliphatic rings. The number of rotatable bonds is 13. The van der Waals surface area contributed by atoms with Crippen LogP contribution >= 0.6 is 0 Å². The first-order chi connectivity index (χ1) is 28.5. The third kappa shape index (κ3) is 7.88. The Bertz CT molecular complexity index is 2440. The van der Waals surface area contributed by atoms with Crippen molar-refractivity contribution >= 4 is 45.4 Å². The maximum atomic E-state index is 15.0. The van der Waals surface area contributed by atoms with E-state index < -0.39 is 35.6 Å². The molecule has 1 atom stereocenters. The maximum absolute atomic E-state index is 15.0. The molecule has 0 radical (unpaired) electrons. The van der Waals surface area contributed by atoms with E-state index in [4.69, 9.17) is 14.2 Å². The summed E-state index contributed by atoms with van der Waals surface area (Å²) in [6, 6.07) is 15.6. The zero-order chi connectivity index (χ0) is 40.8. The van der Waals surface area contributed by atoms with Crippen LogP contribution < -0.4 is 14.8 Å². The van der Waals surface area contributed by atoms with Crippen molar-refractivity contribution in [2.45, 2.75) is 81.6 Å². The van der Waals surface area contributed by atoms with Crippen molar-refractivity contribution in [2.24, 2.45) is 7.05 Å². The molecule has 1 saturated carbocycles. The van der Waals surface area contributed by atoms with Crippen molar-refractivity contribution < 1.29 is 42.2 Å². The second-order valence-electron chi connectivity index (χ2n) is 16.0. The number of likely N-dealkylation sites (tertiary alicyclic amines) is 1. The molecule has 3 aromatic heterocycles. The number of carbonyl (C=O) groups excluding carboxylic acids is 4. The van der Waals surface area contributed by atoms with Crippen molar-refractivity contribution in [3.05, 3.63) is 84.3 Å². The van der Waals surface area contributed by atoms with Crippen LogP contribution in [0.4, 0.5) is 8.78 Å². The van der Waals surface area contributed by atoms with Gasteiger partial charge >= 0.3 is 0 Å². The summed E-state index contributed by atoms with van der Waals surface area (Å²) >= 11 is 0.